The minimum Gasteiger partial charge on any atom is -0.354 e. The smallest absolute Gasteiger partial charge is 0.332 e. The zero-order valence-electron chi connectivity index (χ0n) is 17.5. The molecule has 0 spiro atoms. The van der Waals surface area contributed by atoms with Crippen LogP contribution in [0.3, 0.4) is 0 Å². The lowest BCUT2D eigenvalue weighted by Crippen LogP contribution is -2.37. The first-order valence-corrected chi connectivity index (χ1v) is 10.1. The third-order valence-electron chi connectivity index (χ3n) is 5.03. The quantitative estimate of drug-likeness (QED) is 0.426. The molecule has 0 aliphatic rings. The maximum atomic E-state index is 12.9. The van der Waals surface area contributed by atoms with Gasteiger partial charge in [0.05, 0.1) is 6.54 Å². The summed E-state index contributed by atoms with van der Waals surface area (Å²) < 4.78 is 4.22. The molecule has 0 saturated heterocycles. The van der Waals surface area contributed by atoms with Gasteiger partial charge in [0, 0.05) is 27.2 Å². The highest BCUT2D eigenvalue weighted by atomic mass is 35.5. The maximum absolute atomic E-state index is 12.9. The van der Waals surface area contributed by atoms with Crippen LogP contribution in [0.4, 0.5) is 5.95 Å². The molecule has 2 aromatic heterocycles. The molecule has 1 amide bonds. The van der Waals surface area contributed by atoms with Gasteiger partial charge in [-0.2, -0.15) is 4.98 Å². The van der Waals surface area contributed by atoms with Crippen LogP contribution in [0.2, 0.25) is 0 Å². The maximum Gasteiger partial charge on any atom is 0.332 e. The van der Waals surface area contributed by atoms with Gasteiger partial charge in [0.25, 0.3) is 5.56 Å². The summed E-state index contributed by atoms with van der Waals surface area (Å²) in [6.45, 7) is 5.16. The van der Waals surface area contributed by atoms with Crippen LogP contribution in [0, 0.1) is 13.8 Å². The van der Waals surface area contributed by atoms with Gasteiger partial charge in [-0.15, -0.1) is 11.6 Å². The Balaban J connectivity index is 2.09. The molecule has 1 aromatic carbocycles. The van der Waals surface area contributed by atoms with Crippen LogP contribution >= 0.6 is 11.6 Å². The molecule has 3 aromatic rings. The van der Waals surface area contributed by atoms with Crippen molar-refractivity contribution in [2.75, 3.05) is 24.3 Å². The van der Waals surface area contributed by atoms with Crippen LogP contribution < -0.4 is 21.9 Å². The SMILES string of the molecule is Cc1ccc(C)c(Cn2c(NCCNC(=O)CCl)nc3c2c(=O)n(C)c(=O)n3C)c1. The average molecular weight is 433 g/mol. The van der Waals surface area contributed by atoms with Crippen LogP contribution in [0.15, 0.2) is 27.8 Å². The van der Waals surface area contributed by atoms with E-state index in [1.54, 1.807) is 11.6 Å². The highest BCUT2D eigenvalue weighted by molar-refractivity contribution is 6.27. The van der Waals surface area contributed by atoms with Crippen molar-refractivity contribution < 1.29 is 4.79 Å². The molecule has 0 aliphatic heterocycles. The van der Waals surface area contributed by atoms with E-state index < -0.39 is 11.2 Å². The fraction of sp³-hybridized carbons (Fsp3) is 0.400. The summed E-state index contributed by atoms with van der Waals surface area (Å²) in [5, 5.41) is 5.83. The number of alkyl halides is 1. The van der Waals surface area contributed by atoms with Gasteiger partial charge < -0.3 is 10.6 Å². The Morgan fingerprint density at radius 2 is 1.87 bits per heavy atom. The van der Waals surface area contributed by atoms with Crippen molar-refractivity contribution in [1.82, 2.24) is 24.0 Å². The number of hydrogen-bond acceptors (Lipinski definition) is 5. The van der Waals surface area contributed by atoms with E-state index in [9.17, 15) is 14.4 Å². The number of carbonyl (C=O) groups excluding carboxylic acids is 1. The van der Waals surface area contributed by atoms with Gasteiger partial charge in [-0.25, -0.2) is 4.79 Å². The molecule has 2 heterocycles. The lowest BCUT2D eigenvalue weighted by atomic mass is 10.1. The van der Waals surface area contributed by atoms with Gasteiger partial charge in [-0.1, -0.05) is 23.8 Å². The first kappa shape index (κ1) is 21.6. The topological polar surface area (TPSA) is 103 Å². The predicted octanol–water partition coefficient (Wildman–Crippen LogP) is 0.866. The zero-order valence-corrected chi connectivity index (χ0v) is 18.2. The fourth-order valence-electron chi connectivity index (χ4n) is 3.30. The number of fused-ring (bicyclic) bond motifs is 1. The molecule has 30 heavy (non-hydrogen) atoms. The molecule has 0 fully saturated rings. The number of imidazole rings is 1. The molecule has 0 radical (unpaired) electrons. The Hall–Kier alpha value is -3.07. The number of hydrogen-bond donors (Lipinski definition) is 2. The van der Waals surface area contributed by atoms with E-state index in [1.807, 2.05) is 26.0 Å². The van der Waals surface area contributed by atoms with Gasteiger partial charge in [-0.3, -0.25) is 23.3 Å². The number of amides is 1. The van der Waals surface area contributed by atoms with Crippen LogP contribution in [-0.4, -0.2) is 43.6 Å². The van der Waals surface area contributed by atoms with Crippen LogP contribution in [0.25, 0.3) is 11.2 Å². The third-order valence-corrected chi connectivity index (χ3v) is 5.28. The number of nitrogens with zero attached hydrogens (tertiary/aromatic N) is 4. The van der Waals surface area contributed by atoms with Gasteiger partial charge in [-0.05, 0) is 25.0 Å². The second kappa shape index (κ2) is 8.74. The van der Waals surface area contributed by atoms with Crippen LogP contribution in [0.5, 0.6) is 0 Å². The molecule has 9 nitrogen and oxygen atoms in total. The van der Waals surface area contributed by atoms with E-state index in [4.69, 9.17) is 11.6 Å². The summed E-state index contributed by atoms with van der Waals surface area (Å²) in [5.41, 5.74) is 3.04. The molecule has 0 unspecified atom stereocenters. The summed E-state index contributed by atoms with van der Waals surface area (Å²) in [7, 11) is 3.04. The Bertz CT molecular complexity index is 1220. The Labute approximate surface area is 178 Å². The summed E-state index contributed by atoms with van der Waals surface area (Å²) in [6.07, 6.45) is 0. The van der Waals surface area contributed by atoms with Crippen LogP contribution in [0.1, 0.15) is 16.7 Å². The number of aryl methyl sites for hydroxylation is 3. The number of carbonyl (C=O) groups is 1. The Morgan fingerprint density at radius 1 is 1.13 bits per heavy atom. The van der Waals surface area contributed by atoms with E-state index in [-0.39, 0.29) is 11.8 Å². The third kappa shape index (κ3) is 4.11. The molecular weight excluding hydrogens is 408 g/mol. The predicted molar refractivity (Wildman–Crippen MR) is 117 cm³/mol. The summed E-state index contributed by atoms with van der Waals surface area (Å²) in [4.78, 5) is 41.1. The van der Waals surface area contributed by atoms with Crippen molar-refractivity contribution in [3.8, 4) is 0 Å². The first-order chi connectivity index (χ1) is 14.2. The molecular formula is C20H25ClN6O3. The van der Waals surface area contributed by atoms with Crippen molar-refractivity contribution in [2.45, 2.75) is 20.4 Å². The molecule has 3 rings (SSSR count). The van der Waals surface area contributed by atoms with E-state index in [1.165, 1.54) is 11.6 Å². The number of aromatic nitrogens is 4. The zero-order chi connectivity index (χ0) is 22.0. The monoisotopic (exact) mass is 432 g/mol. The second-order valence-corrected chi connectivity index (χ2v) is 7.51. The van der Waals surface area contributed by atoms with Crippen molar-refractivity contribution in [1.29, 1.82) is 0 Å². The highest BCUT2D eigenvalue weighted by Gasteiger charge is 2.19. The highest BCUT2D eigenvalue weighted by Crippen LogP contribution is 2.20. The minimum atomic E-state index is -0.440. The van der Waals surface area contributed by atoms with Crippen LogP contribution in [-0.2, 0) is 25.4 Å². The van der Waals surface area contributed by atoms with Crippen molar-refractivity contribution in [3.63, 3.8) is 0 Å². The molecule has 160 valence electrons. The standard InChI is InChI=1S/C20H25ClN6O3/c1-12-5-6-13(2)14(9-12)11-27-16-17(25(3)20(30)26(4)18(16)29)24-19(27)23-8-7-22-15(28)10-21/h5-6,9H,7-8,10-11H2,1-4H3,(H,22,28)(H,23,24). The molecule has 10 heteroatoms. The van der Waals surface area contributed by atoms with Crippen molar-refractivity contribution in [3.05, 3.63) is 55.7 Å². The lowest BCUT2D eigenvalue weighted by molar-refractivity contribution is -0.118. The van der Waals surface area contributed by atoms with Gasteiger partial charge in [0.2, 0.25) is 11.9 Å². The molecule has 0 saturated carbocycles. The summed E-state index contributed by atoms with van der Waals surface area (Å²) in [6, 6.07) is 6.14. The minimum absolute atomic E-state index is 0.108. The van der Waals surface area contributed by atoms with Gasteiger partial charge in [0.1, 0.15) is 5.88 Å². The number of nitrogens with one attached hydrogen (secondary N) is 2. The normalized spacial score (nSPS) is 11.1. The second-order valence-electron chi connectivity index (χ2n) is 7.24. The molecule has 0 aliphatic carbocycles. The van der Waals surface area contributed by atoms with Gasteiger partial charge in [0.15, 0.2) is 11.2 Å². The Kier molecular flexibility index (Phi) is 6.31. The van der Waals surface area contributed by atoms with Crippen molar-refractivity contribution >= 4 is 34.6 Å². The number of rotatable bonds is 7. The number of benzene rings is 1. The van der Waals surface area contributed by atoms with Crippen molar-refractivity contribution in [2.24, 2.45) is 14.1 Å². The molecule has 0 bridgehead atoms. The molecule has 0 atom stereocenters. The molecule has 2 N–H and O–H groups in total. The van der Waals surface area contributed by atoms with E-state index in [0.29, 0.717) is 36.7 Å². The van der Waals surface area contributed by atoms with E-state index >= 15 is 0 Å². The van der Waals surface area contributed by atoms with Gasteiger partial charge >= 0.3 is 5.69 Å². The fourth-order valence-corrected chi connectivity index (χ4v) is 3.39. The van der Waals surface area contributed by atoms with E-state index in [2.05, 4.69) is 21.7 Å². The average Bonchev–Trinajstić information content (AvgIpc) is 3.08. The summed E-state index contributed by atoms with van der Waals surface area (Å²) in [5.74, 6) is 0.0755. The Morgan fingerprint density at radius 3 is 2.57 bits per heavy atom. The summed E-state index contributed by atoms with van der Waals surface area (Å²) >= 11 is 5.49. The number of anilines is 1. The lowest BCUT2D eigenvalue weighted by Gasteiger charge is -2.13. The van der Waals surface area contributed by atoms with E-state index in [0.717, 1.165) is 21.3 Å². The number of halogens is 1. The first-order valence-electron chi connectivity index (χ1n) is 9.53. The largest absolute Gasteiger partial charge is 0.354 e.